The van der Waals surface area contributed by atoms with Crippen molar-refractivity contribution in [1.29, 1.82) is 0 Å². The number of piperidine rings is 2. The van der Waals surface area contributed by atoms with Crippen LogP contribution in [0.15, 0.2) is 29.2 Å². The highest BCUT2D eigenvalue weighted by Gasteiger charge is 2.33. The summed E-state index contributed by atoms with van der Waals surface area (Å²) in [7, 11) is -6.91. The number of carbonyl (C=O) groups excluding carboxylic acids is 1. The summed E-state index contributed by atoms with van der Waals surface area (Å²) in [6, 6.07) is 6.23. The van der Waals surface area contributed by atoms with Crippen LogP contribution in [0.1, 0.15) is 46.5 Å². The second-order valence-corrected chi connectivity index (χ2v) is 13.3. The summed E-state index contributed by atoms with van der Waals surface area (Å²) in [5.74, 6) is 0.0728. The van der Waals surface area contributed by atoms with Crippen molar-refractivity contribution < 1.29 is 21.6 Å². The summed E-state index contributed by atoms with van der Waals surface area (Å²) in [5, 5.41) is 2.82. The molecule has 0 bridgehead atoms. The van der Waals surface area contributed by atoms with Crippen LogP contribution in [0.5, 0.6) is 0 Å². The molecule has 1 amide bonds. The summed E-state index contributed by atoms with van der Waals surface area (Å²) >= 11 is 0. The number of rotatable bonds is 7. The molecule has 0 saturated carbocycles. The van der Waals surface area contributed by atoms with Crippen molar-refractivity contribution in [3.05, 3.63) is 24.3 Å². The van der Waals surface area contributed by atoms with Crippen LogP contribution >= 0.6 is 0 Å². The molecule has 32 heavy (non-hydrogen) atoms. The second kappa shape index (κ2) is 10.2. The van der Waals surface area contributed by atoms with E-state index in [9.17, 15) is 21.6 Å². The topological polar surface area (TPSA) is 104 Å². The Bertz CT molecular complexity index is 999. The van der Waals surface area contributed by atoms with Gasteiger partial charge in [-0.1, -0.05) is 20.8 Å². The summed E-state index contributed by atoms with van der Waals surface area (Å²) < 4.78 is 53.7. The number of amides is 1. The van der Waals surface area contributed by atoms with E-state index in [1.807, 2.05) is 6.92 Å². The lowest BCUT2D eigenvalue weighted by Crippen LogP contribution is -2.44. The molecule has 2 aliphatic heterocycles. The van der Waals surface area contributed by atoms with Gasteiger partial charge in [-0.05, 0) is 61.8 Å². The van der Waals surface area contributed by atoms with Gasteiger partial charge in [-0.3, -0.25) is 4.79 Å². The Morgan fingerprint density at radius 1 is 1.00 bits per heavy atom. The molecule has 10 heteroatoms. The van der Waals surface area contributed by atoms with Gasteiger partial charge in [-0.2, -0.15) is 4.31 Å². The normalized spacial score (nSPS) is 26.0. The molecular weight excluding hydrogens is 450 g/mol. The average molecular weight is 486 g/mol. The monoisotopic (exact) mass is 485 g/mol. The standard InChI is InChI=1S/C22H35N3O5S2/c1-4-12-31(27,28)24-11-5-6-19(16-24)22(26)23-20-7-9-21(10-8-20)32(29,30)25-14-17(2)13-18(3)15-25/h7-10,17-19H,4-6,11-16H2,1-3H3,(H,23,26)/t17-,18-,19-/m0/s1. The molecule has 0 spiro atoms. The fourth-order valence-electron chi connectivity index (χ4n) is 4.70. The van der Waals surface area contributed by atoms with Crippen molar-refractivity contribution >= 4 is 31.6 Å². The smallest absolute Gasteiger partial charge is 0.243 e. The molecule has 2 fully saturated rings. The summed E-state index contributed by atoms with van der Waals surface area (Å²) in [4.78, 5) is 13.0. The zero-order valence-electron chi connectivity index (χ0n) is 19.2. The molecule has 3 atom stereocenters. The molecule has 3 rings (SSSR count). The number of carbonyl (C=O) groups is 1. The number of sulfonamides is 2. The average Bonchev–Trinajstić information content (AvgIpc) is 2.73. The van der Waals surface area contributed by atoms with Gasteiger partial charge in [0.25, 0.3) is 0 Å². The lowest BCUT2D eigenvalue weighted by Gasteiger charge is -2.34. The molecule has 0 unspecified atom stereocenters. The number of hydrogen-bond donors (Lipinski definition) is 1. The van der Waals surface area contributed by atoms with E-state index in [2.05, 4.69) is 19.2 Å². The molecule has 0 radical (unpaired) electrons. The lowest BCUT2D eigenvalue weighted by atomic mass is 9.94. The van der Waals surface area contributed by atoms with E-state index in [1.165, 1.54) is 16.4 Å². The molecule has 2 aliphatic rings. The van der Waals surface area contributed by atoms with Crippen molar-refractivity contribution in [3.63, 3.8) is 0 Å². The van der Waals surface area contributed by atoms with Crippen LogP contribution < -0.4 is 5.32 Å². The number of nitrogens with one attached hydrogen (secondary N) is 1. The van der Waals surface area contributed by atoms with Gasteiger partial charge in [0.1, 0.15) is 0 Å². The molecule has 2 saturated heterocycles. The maximum absolute atomic E-state index is 13.0. The highest BCUT2D eigenvalue weighted by Crippen LogP contribution is 2.27. The minimum Gasteiger partial charge on any atom is -0.326 e. The van der Waals surface area contributed by atoms with Crippen molar-refractivity contribution in [1.82, 2.24) is 8.61 Å². The Kier molecular flexibility index (Phi) is 8.01. The van der Waals surface area contributed by atoms with Crippen LogP contribution in [0.4, 0.5) is 5.69 Å². The Labute approximate surface area is 192 Å². The van der Waals surface area contributed by atoms with Gasteiger partial charge < -0.3 is 5.32 Å². The zero-order chi connectivity index (χ0) is 23.5. The summed E-state index contributed by atoms with van der Waals surface area (Å²) in [6.07, 6.45) is 2.84. The van der Waals surface area contributed by atoms with Gasteiger partial charge in [0.05, 0.1) is 16.6 Å². The number of anilines is 1. The maximum Gasteiger partial charge on any atom is 0.243 e. The summed E-state index contributed by atoms with van der Waals surface area (Å²) in [5.41, 5.74) is 0.503. The first-order valence-corrected chi connectivity index (χ1v) is 14.5. The first kappa shape index (κ1) is 25.1. The Hall–Kier alpha value is -1.49. The van der Waals surface area contributed by atoms with E-state index < -0.39 is 26.0 Å². The minimum atomic E-state index is -3.58. The zero-order valence-corrected chi connectivity index (χ0v) is 20.8. The van der Waals surface area contributed by atoms with Gasteiger partial charge in [0.2, 0.25) is 26.0 Å². The molecule has 8 nitrogen and oxygen atoms in total. The van der Waals surface area contributed by atoms with Gasteiger partial charge in [-0.15, -0.1) is 0 Å². The highest BCUT2D eigenvalue weighted by atomic mass is 32.2. The van der Waals surface area contributed by atoms with Gasteiger partial charge >= 0.3 is 0 Å². The van der Waals surface area contributed by atoms with Crippen molar-refractivity contribution in [2.24, 2.45) is 17.8 Å². The van der Waals surface area contributed by atoms with Crippen LogP contribution in [0, 0.1) is 17.8 Å². The Balaban J connectivity index is 1.64. The molecule has 2 heterocycles. The third-order valence-electron chi connectivity index (χ3n) is 6.21. The molecule has 0 aliphatic carbocycles. The first-order valence-electron chi connectivity index (χ1n) is 11.4. The predicted molar refractivity (Wildman–Crippen MR) is 125 cm³/mol. The van der Waals surface area contributed by atoms with Gasteiger partial charge in [-0.25, -0.2) is 21.1 Å². The third kappa shape index (κ3) is 5.89. The van der Waals surface area contributed by atoms with Crippen LogP contribution in [-0.4, -0.2) is 63.3 Å². The number of hydrogen-bond acceptors (Lipinski definition) is 5. The molecule has 1 N–H and O–H groups in total. The summed E-state index contributed by atoms with van der Waals surface area (Å²) in [6.45, 7) is 7.63. The molecule has 1 aromatic rings. The minimum absolute atomic E-state index is 0.0891. The van der Waals surface area contributed by atoms with Crippen LogP contribution in [-0.2, 0) is 24.8 Å². The largest absolute Gasteiger partial charge is 0.326 e. The molecular formula is C22H35N3O5S2. The van der Waals surface area contributed by atoms with E-state index in [1.54, 1.807) is 16.4 Å². The molecule has 180 valence electrons. The van der Waals surface area contributed by atoms with Crippen LogP contribution in [0.25, 0.3) is 0 Å². The number of benzene rings is 1. The SMILES string of the molecule is CCCS(=O)(=O)N1CCC[C@H](C(=O)Nc2ccc(S(=O)(=O)N3C[C@@H](C)C[C@H](C)C3)cc2)C1. The Morgan fingerprint density at radius 2 is 1.62 bits per heavy atom. The van der Waals surface area contributed by atoms with Crippen LogP contribution in [0.3, 0.4) is 0 Å². The third-order valence-corrected chi connectivity index (χ3v) is 10.1. The van der Waals surface area contributed by atoms with Gasteiger partial charge in [0.15, 0.2) is 0 Å². The highest BCUT2D eigenvalue weighted by molar-refractivity contribution is 7.89. The maximum atomic E-state index is 13.0. The fraction of sp³-hybridized carbons (Fsp3) is 0.682. The number of nitrogens with zero attached hydrogens (tertiary/aromatic N) is 2. The van der Waals surface area contributed by atoms with Crippen molar-refractivity contribution in [3.8, 4) is 0 Å². The lowest BCUT2D eigenvalue weighted by molar-refractivity contribution is -0.120. The first-order chi connectivity index (χ1) is 15.0. The van der Waals surface area contributed by atoms with Crippen molar-refractivity contribution in [2.45, 2.75) is 51.3 Å². The van der Waals surface area contributed by atoms with E-state index in [0.29, 0.717) is 56.4 Å². The fourth-order valence-corrected chi connectivity index (χ4v) is 7.97. The van der Waals surface area contributed by atoms with E-state index >= 15 is 0 Å². The van der Waals surface area contributed by atoms with Gasteiger partial charge in [0, 0.05) is 31.9 Å². The second-order valence-electron chi connectivity index (χ2n) is 9.29. The van der Waals surface area contributed by atoms with Crippen molar-refractivity contribution in [2.75, 3.05) is 37.2 Å². The Morgan fingerprint density at radius 3 is 2.22 bits per heavy atom. The van der Waals surface area contributed by atoms with E-state index in [0.717, 1.165) is 6.42 Å². The molecule has 1 aromatic carbocycles. The van der Waals surface area contributed by atoms with E-state index in [4.69, 9.17) is 0 Å². The predicted octanol–water partition coefficient (Wildman–Crippen LogP) is 2.74. The quantitative estimate of drug-likeness (QED) is 0.640. The van der Waals surface area contributed by atoms with Crippen LogP contribution in [0.2, 0.25) is 0 Å². The molecule has 0 aromatic heterocycles. The van der Waals surface area contributed by atoms with E-state index in [-0.39, 0.29) is 23.1 Å².